The van der Waals surface area contributed by atoms with Gasteiger partial charge in [0, 0.05) is 27.8 Å². The Morgan fingerprint density at radius 1 is 0.385 bits per heavy atom. The normalized spacial score (nSPS) is 19.2. The lowest BCUT2D eigenvalue weighted by atomic mass is 9.67. The Morgan fingerprint density at radius 3 is 1.63 bits per heavy atom. The van der Waals surface area contributed by atoms with Crippen molar-refractivity contribution in [3.8, 4) is 66.8 Å². The van der Waals surface area contributed by atoms with Gasteiger partial charge in [0.05, 0.1) is 5.69 Å². The van der Waals surface area contributed by atoms with E-state index in [9.17, 15) is 0 Å². The van der Waals surface area contributed by atoms with Crippen LogP contribution in [0.2, 0.25) is 0 Å². The van der Waals surface area contributed by atoms with Crippen molar-refractivity contribution in [1.29, 1.82) is 0 Å². The minimum absolute atomic E-state index is 0.0815. The van der Waals surface area contributed by atoms with Crippen LogP contribution in [0.4, 0.5) is 17.1 Å². The lowest BCUT2D eigenvalue weighted by molar-refractivity contribution is 0.327. The maximum absolute atomic E-state index is 2.60. The predicted octanol–water partition coefficient (Wildman–Crippen LogP) is 17.2. The Morgan fingerprint density at radius 2 is 0.923 bits per heavy atom. The van der Waals surface area contributed by atoms with Crippen LogP contribution in [0.1, 0.15) is 61.8 Å². The molecule has 1 nitrogen and oxygen atoms in total. The summed E-state index contributed by atoms with van der Waals surface area (Å²) in [6, 6.07) is 79.9. The van der Waals surface area contributed by atoms with Crippen LogP contribution in [-0.4, -0.2) is 0 Å². The number of nitrogens with zero attached hydrogens (tertiary/aromatic N) is 1. The van der Waals surface area contributed by atoms with E-state index in [4.69, 9.17) is 0 Å². The second kappa shape index (κ2) is 14.7. The molecule has 4 aliphatic rings. The molecule has 1 heteroatoms. The zero-order valence-electron chi connectivity index (χ0n) is 37.1. The van der Waals surface area contributed by atoms with Crippen molar-refractivity contribution < 1.29 is 0 Å². The van der Waals surface area contributed by atoms with Gasteiger partial charge in [-0.05, 0) is 145 Å². The van der Waals surface area contributed by atoms with Crippen LogP contribution >= 0.6 is 0 Å². The quantitative estimate of drug-likeness (QED) is 0.155. The number of para-hydroxylation sites is 1. The minimum Gasteiger partial charge on any atom is -0.310 e. The molecular weight excluding hydrogens is 783 g/mol. The molecule has 0 amide bonds. The highest BCUT2D eigenvalue weighted by atomic mass is 15.1. The molecule has 2 fully saturated rings. The van der Waals surface area contributed by atoms with E-state index in [2.05, 4.69) is 231 Å². The number of hydrogen-bond acceptors (Lipinski definition) is 1. The van der Waals surface area contributed by atoms with Crippen LogP contribution in [0.25, 0.3) is 66.8 Å². The Labute approximate surface area is 383 Å². The summed E-state index contributed by atoms with van der Waals surface area (Å²) in [6.07, 6.45) is 5.31. The van der Waals surface area contributed by atoms with Gasteiger partial charge in [-0.25, -0.2) is 0 Å². The molecule has 0 radical (unpaired) electrons. The minimum atomic E-state index is -0.120. The van der Waals surface area contributed by atoms with Gasteiger partial charge >= 0.3 is 0 Å². The highest BCUT2D eigenvalue weighted by Crippen LogP contribution is 2.66. The molecule has 0 aromatic heterocycles. The highest BCUT2D eigenvalue weighted by Gasteiger charge is 2.56. The summed E-state index contributed by atoms with van der Waals surface area (Å²) in [6.45, 7) is 4.79. The number of hydrogen-bond donors (Lipinski definition) is 0. The van der Waals surface area contributed by atoms with Gasteiger partial charge in [0.25, 0.3) is 0 Å². The van der Waals surface area contributed by atoms with Gasteiger partial charge in [0.2, 0.25) is 0 Å². The predicted molar refractivity (Wildman–Crippen MR) is 272 cm³/mol. The zero-order valence-corrected chi connectivity index (χ0v) is 37.1. The fraction of sp³-hybridized carbons (Fsp3) is 0.156. The summed E-state index contributed by atoms with van der Waals surface area (Å²) < 4.78 is 0. The maximum Gasteiger partial charge on any atom is 0.0540 e. The second-order valence-corrected chi connectivity index (χ2v) is 19.6. The summed E-state index contributed by atoms with van der Waals surface area (Å²) >= 11 is 0. The molecule has 4 aliphatic carbocycles. The van der Waals surface area contributed by atoms with Gasteiger partial charge in [-0.2, -0.15) is 0 Å². The van der Waals surface area contributed by atoms with Gasteiger partial charge in [0.1, 0.15) is 0 Å². The molecule has 0 N–H and O–H groups in total. The first kappa shape index (κ1) is 38.3. The first-order valence-corrected chi connectivity index (χ1v) is 23.7. The standard InChI is InChI=1S/C64H51N/c1-63(2)58-23-9-6-20-55(58)57-22-13-21-53(62(57)63)48-16-12-17-50(39-48)65(51-36-37-56-54-19-7-10-24-59(54)64(60(56)40-51)41-42-26-35-49(64)38-42)61-25-11-8-18-52(61)47-33-31-46(32-34-47)45-29-27-44(28-30-45)43-14-4-3-5-15-43/h3-25,27-34,36-37,39-40,42,49H,26,35,38,41H2,1-2H3. The van der Waals surface area contributed by atoms with Crippen molar-refractivity contribution in [3.63, 3.8) is 0 Å². The van der Waals surface area contributed by atoms with Gasteiger partial charge in [0.15, 0.2) is 0 Å². The first-order chi connectivity index (χ1) is 32.0. The average Bonchev–Trinajstić information content (AvgIpc) is 4.12. The number of fused-ring (bicyclic) bond motifs is 11. The maximum atomic E-state index is 2.60. The molecule has 9 aromatic rings. The van der Waals surface area contributed by atoms with E-state index < -0.39 is 0 Å². The van der Waals surface area contributed by atoms with Gasteiger partial charge in [-0.3, -0.25) is 0 Å². The summed E-state index contributed by atoms with van der Waals surface area (Å²) in [7, 11) is 0. The van der Waals surface area contributed by atoms with Crippen molar-refractivity contribution in [2.75, 3.05) is 4.90 Å². The van der Waals surface area contributed by atoms with E-state index in [0.717, 1.165) is 11.6 Å². The molecule has 0 aliphatic heterocycles. The molecule has 312 valence electrons. The van der Waals surface area contributed by atoms with Gasteiger partial charge in [-0.15, -0.1) is 0 Å². The van der Waals surface area contributed by atoms with Crippen LogP contribution in [0.15, 0.2) is 212 Å². The monoisotopic (exact) mass is 833 g/mol. The van der Waals surface area contributed by atoms with E-state index in [1.54, 1.807) is 5.56 Å². The lowest BCUT2D eigenvalue weighted by Gasteiger charge is -2.37. The van der Waals surface area contributed by atoms with E-state index in [1.165, 1.54) is 121 Å². The summed E-state index contributed by atoms with van der Waals surface area (Å²) in [5.74, 6) is 1.50. The number of rotatable bonds is 7. The van der Waals surface area contributed by atoms with E-state index in [-0.39, 0.29) is 10.8 Å². The smallest absolute Gasteiger partial charge is 0.0540 e. The molecule has 0 saturated heterocycles. The zero-order chi connectivity index (χ0) is 43.3. The number of benzene rings is 9. The highest BCUT2D eigenvalue weighted by molar-refractivity contribution is 5.94. The molecule has 1 spiro atoms. The van der Waals surface area contributed by atoms with Crippen molar-refractivity contribution >= 4 is 17.1 Å². The van der Waals surface area contributed by atoms with Gasteiger partial charge in [-0.1, -0.05) is 202 Å². The Kier molecular flexibility index (Phi) is 8.63. The molecule has 9 aromatic carbocycles. The van der Waals surface area contributed by atoms with Crippen molar-refractivity contribution in [3.05, 3.63) is 235 Å². The van der Waals surface area contributed by atoms with Crippen LogP contribution in [-0.2, 0) is 10.8 Å². The van der Waals surface area contributed by atoms with E-state index in [1.807, 2.05) is 0 Å². The van der Waals surface area contributed by atoms with Crippen LogP contribution in [0, 0.1) is 11.8 Å². The van der Waals surface area contributed by atoms with E-state index in [0.29, 0.717) is 5.92 Å². The fourth-order valence-corrected chi connectivity index (χ4v) is 13.1. The summed E-state index contributed by atoms with van der Waals surface area (Å²) in [4.78, 5) is 2.56. The topological polar surface area (TPSA) is 3.24 Å². The molecule has 2 saturated carbocycles. The Bertz CT molecular complexity index is 3300. The SMILES string of the molecule is CC1(C)c2ccccc2-c2cccc(-c3cccc(N(c4ccc5c(c4)C4(CC6CCC4C6)c4ccccc4-5)c4ccccc4-c4ccc(-c5ccc(-c6ccccc6)cc5)cc4)c3)c21. The third kappa shape index (κ3) is 5.84. The summed E-state index contributed by atoms with van der Waals surface area (Å²) in [5.41, 5.74) is 24.8. The fourth-order valence-electron chi connectivity index (χ4n) is 13.1. The molecule has 3 atom stereocenters. The van der Waals surface area contributed by atoms with Gasteiger partial charge < -0.3 is 4.90 Å². The van der Waals surface area contributed by atoms with Crippen molar-refractivity contribution in [2.45, 2.75) is 50.4 Å². The third-order valence-corrected chi connectivity index (χ3v) is 16.0. The molecule has 2 bridgehead atoms. The van der Waals surface area contributed by atoms with Crippen LogP contribution < -0.4 is 4.90 Å². The van der Waals surface area contributed by atoms with Crippen LogP contribution in [0.3, 0.4) is 0 Å². The lowest BCUT2D eigenvalue weighted by Crippen LogP contribution is -2.32. The number of anilines is 3. The average molecular weight is 834 g/mol. The Balaban J connectivity index is 0.957. The van der Waals surface area contributed by atoms with E-state index >= 15 is 0 Å². The first-order valence-electron chi connectivity index (χ1n) is 23.7. The third-order valence-electron chi connectivity index (χ3n) is 16.0. The largest absolute Gasteiger partial charge is 0.310 e. The summed E-state index contributed by atoms with van der Waals surface area (Å²) in [5, 5.41) is 0. The van der Waals surface area contributed by atoms with Crippen molar-refractivity contribution in [2.24, 2.45) is 11.8 Å². The molecule has 3 unspecified atom stereocenters. The van der Waals surface area contributed by atoms with Crippen molar-refractivity contribution in [1.82, 2.24) is 0 Å². The molecule has 0 heterocycles. The molecule has 13 rings (SSSR count). The second-order valence-electron chi connectivity index (χ2n) is 19.6. The Hall–Kier alpha value is -7.22. The molecule has 65 heavy (non-hydrogen) atoms. The van der Waals surface area contributed by atoms with Crippen LogP contribution in [0.5, 0.6) is 0 Å². The molecular formula is C64H51N.